The van der Waals surface area contributed by atoms with Gasteiger partial charge in [-0.25, -0.2) is 0 Å². The highest BCUT2D eigenvalue weighted by molar-refractivity contribution is 5.66. The Bertz CT molecular complexity index is 501. The molecule has 0 heterocycles. The van der Waals surface area contributed by atoms with Crippen LogP contribution in [0, 0.1) is 10.1 Å². The summed E-state index contributed by atoms with van der Waals surface area (Å²) < 4.78 is 10.3. The van der Waals surface area contributed by atoms with Crippen molar-refractivity contribution in [2.45, 2.75) is 19.4 Å². The number of hydrogen-bond acceptors (Lipinski definition) is 6. The number of rotatable bonds is 8. The number of ether oxygens (including phenoxy) is 2. The van der Waals surface area contributed by atoms with Crippen LogP contribution in [-0.4, -0.2) is 34.8 Å². The van der Waals surface area contributed by atoms with E-state index in [0.717, 1.165) is 0 Å². The summed E-state index contributed by atoms with van der Waals surface area (Å²) in [5.74, 6) is -0.888. The lowest BCUT2D eigenvalue weighted by Crippen LogP contribution is -2.05. The molecule has 8 nitrogen and oxygen atoms in total. The number of carboxylic acids is 1. The van der Waals surface area contributed by atoms with E-state index in [4.69, 9.17) is 19.7 Å². The molecule has 1 aromatic carbocycles. The molecule has 0 bridgehead atoms. The van der Waals surface area contributed by atoms with Gasteiger partial charge in [0.05, 0.1) is 30.8 Å². The molecule has 2 N–H and O–H groups in total. The number of aliphatic hydroxyl groups excluding tert-OH is 1. The highest BCUT2D eigenvalue weighted by atomic mass is 16.6. The molecule has 0 aromatic heterocycles. The van der Waals surface area contributed by atoms with Gasteiger partial charge in [-0.1, -0.05) is 0 Å². The highest BCUT2D eigenvalue weighted by Gasteiger charge is 2.24. The van der Waals surface area contributed by atoms with Gasteiger partial charge < -0.3 is 19.7 Å². The average molecular weight is 285 g/mol. The summed E-state index contributed by atoms with van der Waals surface area (Å²) >= 11 is 0. The van der Waals surface area contributed by atoms with Gasteiger partial charge in [0.15, 0.2) is 5.75 Å². The molecule has 1 rings (SSSR count). The normalized spacial score (nSPS) is 10.1. The van der Waals surface area contributed by atoms with E-state index in [-0.39, 0.29) is 42.2 Å². The smallest absolute Gasteiger partial charge is 0.320 e. The number of benzene rings is 1. The van der Waals surface area contributed by atoms with E-state index < -0.39 is 17.5 Å². The lowest BCUT2D eigenvalue weighted by atomic mass is 10.1. The second-order valence-electron chi connectivity index (χ2n) is 3.87. The lowest BCUT2D eigenvalue weighted by Gasteiger charge is -2.12. The van der Waals surface area contributed by atoms with Crippen molar-refractivity contribution in [3.05, 3.63) is 27.8 Å². The summed E-state index contributed by atoms with van der Waals surface area (Å²) in [6, 6.07) is 2.81. The fraction of sp³-hybridized carbons (Fsp3) is 0.417. The largest absolute Gasteiger partial charge is 0.489 e. The predicted octanol–water partition coefficient (Wildman–Crippen LogP) is 1.34. The minimum atomic E-state index is -0.942. The summed E-state index contributed by atoms with van der Waals surface area (Å²) in [5, 5.41) is 28.6. The van der Waals surface area contributed by atoms with Gasteiger partial charge in [0.1, 0.15) is 0 Å². The third-order valence-electron chi connectivity index (χ3n) is 2.53. The maximum Gasteiger partial charge on any atom is 0.320 e. The molecule has 1 aromatic rings. The van der Waals surface area contributed by atoms with Crippen LogP contribution in [0.25, 0.3) is 0 Å². The van der Waals surface area contributed by atoms with Crippen LogP contribution < -0.4 is 9.47 Å². The SMILES string of the molecule is COc1c(OCCCC(=O)O)ccc(CO)c1[N+](=O)[O-]. The fourth-order valence-corrected chi connectivity index (χ4v) is 1.64. The molecular formula is C12H15NO7. The minimum absolute atomic E-state index is 0.0564. The second-order valence-corrected chi connectivity index (χ2v) is 3.87. The van der Waals surface area contributed by atoms with Crippen molar-refractivity contribution in [3.63, 3.8) is 0 Å². The fourth-order valence-electron chi connectivity index (χ4n) is 1.64. The van der Waals surface area contributed by atoms with E-state index in [1.54, 1.807) is 0 Å². The van der Waals surface area contributed by atoms with Gasteiger partial charge in [-0.05, 0) is 18.6 Å². The van der Waals surface area contributed by atoms with Gasteiger partial charge in [-0.2, -0.15) is 0 Å². The summed E-state index contributed by atoms with van der Waals surface area (Å²) in [7, 11) is 1.26. The van der Waals surface area contributed by atoms with Gasteiger partial charge in [-0.3, -0.25) is 14.9 Å². The number of aliphatic carboxylic acids is 1. The molecule has 0 amide bonds. The van der Waals surface area contributed by atoms with Crippen LogP contribution in [-0.2, 0) is 11.4 Å². The number of carbonyl (C=O) groups is 1. The van der Waals surface area contributed by atoms with Crippen molar-refractivity contribution in [2.75, 3.05) is 13.7 Å². The van der Waals surface area contributed by atoms with Crippen LogP contribution in [0.1, 0.15) is 18.4 Å². The monoisotopic (exact) mass is 285 g/mol. The quantitative estimate of drug-likeness (QED) is 0.420. The van der Waals surface area contributed by atoms with Crippen molar-refractivity contribution < 1.29 is 29.4 Å². The summed E-state index contributed by atoms with van der Waals surface area (Å²) in [6.45, 7) is -0.399. The Morgan fingerprint density at radius 1 is 1.45 bits per heavy atom. The molecule has 0 atom stereocenters. The first-order valence-electron chi connectivity index (χ1n) is 5.81. The minimum Gasteiger partial charge on any atom is -0.489 e. The molecule has 0 aliphatic rings. The van der Waals surface area contributed by atoms with Crippen LogP contribution in [0.2, 0.25) is 0 Å². The number of aliphatic hydroxyl groups is 1. The van der Waals surface area contributed by atoms with Crippen molar-refractivity contribution in [1.29, 1.82) is 0 Å². The van der Waals surface area contributed by atoms with Gasteiger partial charge in [0.25, 0.3) is 0 Å². The third-order valence-corrected chi connectivity index (χ3v) is 2.53. The average Bonchev–Trinajstić information content (AvgIpc) is 2.42. The van der Waals surface area contributed by atoms with Crippen LogP contribution >= 0.6 is 0 Å². The Kier molecular flexibility index (Phi) is 5.73. The summed E-state index contributed by atoms with van der Waals surface area (Å²) in [4.78, 5) is 20.7. The number of hydrogen-bond donors (Lipinski definition) is 2. The Labute approximate surface area is 114 Å². The van der Waals surface area contributed by atoms with E-state index >= 15 is 0 Å². The van der Waals surface area contributed by atoms with E-state index in [1.807, 2.05) is 0 Å². The van der Waals surface area contributed by atoms with Gasteiger partial charge in [0, 0.05) is 6.42 Å². The van der Waals surface area contributed by atoms with Crippen LogP contribution in [0.4, 0.5) is 5.69 Å². The first-order chi connectivity index (χ1) is 9.51. The van der Waals surface area contributed by atoms with E-state index in [0.29, 0.717) is 0 Å². The second kappa shape index (κ2) is 7.29. The molecular weight excluding hydrogens is 270 g/mol. The molecule has 20 heavy (non-hydrogen) atoms. The zero-order chi connectivity index (χ0) is 15.1. The van der Waals surface area contributed by atoms with Gasteiger partial charge in [-0.15, -0.1) is 0 Å². The van der Waals surface area contributed by atoms with Crippen molar-refractivity contribution >= 4 is 11.7 Å². The zero-order valence-corrected chi connectivity index (χ0v) is 10.9. The first kappa shape index (κ1) is 15.7. The van der Waals surface area contributed by atoms with E-state index in [1.165, 1.54) is 19.2 Å². The molecule has 0 radical (unpaired) electrons. The molecule has 0 aliphatic carbocycles. The number of carboxylic acid groups (broad SMARTS) is 1. The highest BCUT2D eigenvalue weighted by Crippen LogP contribution is 2.39. The molecule has 0 fully saturated rings. The number of nitro benzene ring substituents is 1. The Morgan fingerprint density at radius 3 is 2.65 bits per heavy atom. The lowest BCUT2D eigenvalue weighted by molar-refractivity contribution is -0.386. The molecule has 8 heteroatoms. The van der Waals surface area contributed by atoms with Crippen molar-refractivity contribution in [2.24, 2.45) is 0 Å². The van der Waals surface area contributed by atoms with Crippen molar-refractivity contribution in [3.8, 4) is 11.5 Å². The maximum absolute atomic E-state index is 11.0. The van der Waals surface area contributed by atoms with E-state index in [2.05, 4.69) is 0 Å². The number of methoxy groups -OCH3 is 1. The Balaban J connectivity index is 2.94. The van der Waals surface area contributed by atoms with Crippen LogP contribution in [0.15, 0.2) is 12.1 Å². The zero-order valence-electron chi connectivity index (χ0n) is 10.9. The standard InChI is InChI=1S/C12H15NO7/c1-19-12-9(20-6-2-3-10(15)16)5-4-8(7-14)11(12)13(17)18/h4-5,14H,2-3,6-7H2,1H3,(H,15,16). The molecule has 0 saturated carbocycles. The maximum atomic E-state index is 11.0. The van der Waals surface area contributed by atoms with Crippen LogP contribution in [0.3, 0.4) is 0 Å². The summed E-state index contributed by atoms with van der Waals surface area (Å²) in [5.41, 5.74) is -0.240. The topological polar surface area (TPSA) is 119 Å². The molecule has 0 unspecified atom stereocenters. The molecule has 0 saturated heterocycles. The molecule has 0 aliphatic heterocycles. The predicted molar refractivity (Wildman–Crippen MR) is 67.9 cm³/mol. The molecule has 0 spiro atoms. The number of nitro groups is 1. The van der Waals surface area contributed by atoms with Gasteiger partial charge >= 0.3 is 11.7 Å². The van der Waals surface area contributed by atoms with E-state index in [9.17, 15) is 14.9 Å². The van der Waals surface area contributed by atoms with Crippen LogP contribution in [0.5, 0.6) is 11.5 Å². The first-order valence-corrected chi connectivity index (χ1v) is 5.81. The third kappa shape index (κ3) is 3.82. The van der Waals surface area contributed by atoms with Crippen molar-refractivity contribution in [1.82, 2.24) is 0 Å². The number of nitrogens with zero attached hydrogens (tertiary/aromatic N) is 1. The van der Waals surface area contributed by atoms with Gasteiger partial charge in [0.2, 0.25) is 5.75 Å². The Morgan fingerprint density at radius 2 is 2.15 bits per heavy atom. The Hall–Kier alpha value is -2.35. The summed E-state index contributed by atoms with van der Waals surface area (Å²) in [6.07, 6.45) is 0.215. The molecule has 110 valence electrons.